The fourth-order valence-corrected chi connectivity index (χ4v) is 2.77. The predicted molar refractivity (Wildman–Crippen MR) is 71.4 cm³/mol. The molecule has 0 bridgehead atoms. The van der Waals surface area contributed by atoms with Gasteiger partial charge in [-0.2, -0.15) is 0 Å². The van der Waals surface area contributed by atoms with Gasteiger partial charge in [0.15, 0.2) is 0 Å². The molecule has 102 valence electrons. The highest BCUT2D eigenvalue weighted by atomic mass is 16.5. The van der Waals surface area contributed by atoms with Crippen LogP contribution in [0.15, 0.2) is 16.5 Å². The lowest BCUT2D eigenvalue weighted by molar-refractivity contribution is 0.0195. The molecule has 1 aromatic rings. The van der Waals surface area contributed by atoms with Crippen LogP contribution in [-0.2, 0) is 4.74 Å². The Morgan fingerprint density at radius 2 is 2.06 bits per heavy atom. The second-order valence-electron chi connectivity index (χ2n) is 5.22. The first kappa shape index (κ1) is 13.6. The number of likely N-dealkylation sites (tertiary alicyclic amines) is 1. The van der Waals surface area contributed by atoms with E-state index in [1.54, 1.807) is 7.11 Å². The average Bonchev–Trinajstić information content (AvgIpc) is 2.76. The summed E-state index contributed by atoms with van der Waals surface area (Å²) >= 11 is 0. The van der Waals surface area contributed by atoms with Gasteiger partial charge in [-0.05, 0) is 38.8 Å². The predicted octanol–water partition coefficient (Wildman–Crippen LogP) is 2.09. The molecule has 0 aliphatic carbocycles. The molecule has 18 heavy (non-hydrogen) atoms. The second kappa shape index (κ2) is 5.87. The number of nitrogens with two attached hydrogens (primary N) is 1. The van der Waals surface area contributed by atoms with Crippen LogP contribution in [0, 0.1) is 6.92 Å². The molecule has 1 aromatic heterocycles. The molecule has 2 heterocycles. The Morgan fingerprint density at radius 3 is 2.50 bits per heavy atom. The zero-order valence-corrected chi connectivity index (χ0v) is 11.6. The molecule has 0 spiro atoms. The van der Waals surface area contributed by atoms with Gasteiger partial charge >= 0.3 is 0 Å². The van der Waals surface area contributed by atoms with E-state index < -0.39 is 0 Å². The zero-order valence-electron chi connectivity index (χ0n) is 11.6. The number of ether oxygens (including phenoxy) is 1. The summed E-state index contributed by atoms with van der Waals surface area (Å²) < 4.78 is 11.2. The lowest BCUT2D eigenvalue weighted by atomic mass is 10.0. The van der Waals surface area contributed by atoms with Gasteiger partial charge in [0.1, 0.15) is 11.5 Å². The molecule has 2 unspecified atom stereocenters. The van der Waals surface area contributed by atoms with Gasteiger partial charge < -0.3 is 14.9 Å². The molecule has 4 heteroatoms. The number of hydrogen-bond donors (Lipinski definition) is 1. The SMILES string of the molecule is COC1CCN(C(c2ccc(C)o2)C(C)N)CC1. The molecule has 2 atom stereocenters. The fourth-order valence-electron chi connectivity index (χ4n) is 2.77. The van der Waals surface area contributed by atoms with E-state index in [0.717, 1.165) is 37.5 Å². The number of methoxy groups -OCH3 is 1. The largest absolute Gasteiger partial charge is 0.465 e. The summed E-state index contributed by atoms with van der Waals surface area (Å²) in [5, 5.41) is 0. The van der Waals surface area contributed by atoms with E-state index in [1.165, 1.54) is 0 Å². The maximum absolute atomic E-state index is 6.14. The quantitative estimate of drug-likeness (QED) is 0.891. The molecule has 2 N–H and O–H groups in total. The van der Waals surface area contributed by atoms with Crippen LogP contribution < -0.4 is 5.73 Å². The Kier molecular flexibility index (Phi) is 4.43. The molecule has 0 aromatic carbocycles. The Bertz CT molecular complexity index is 368. The van der Waals surface area contributed by atoms with Crippen LogP contribution in [-0.4, -0.2) is 37.2 Å². The first-order valence-corrected chi connectivity index (χ1v) is 6.70. The summed E-state index contributed by atoms with van der Waals surface area (Å²) in [7, 11) is 1.79. The maximum atomic E-state index is 6.14. The average molecular weight is 252 g/mol. The van der Waals surface area contributed by atoms with E-state index in [-0.39, 0.29) is 12.1 Å². The van der Waals surface area contributed by atoms with E-state index in [1.807, 2.05) is 26.0 Å². The van der Waals surface area contributed by atoms with Gasteiger partial charge in [-0.3, -0.25) is 4.90 Å². The number of piperidine rings is 1. The summed E-state index contributed by atoms with van der Waals surface area (Å²) in [5.41, 5.74) is 6.14. The third-order valence-electron chi connectivity index (χ3n) is 3.75. The molecule has 1 aliphatic rings. The lowest BCUT2D eigenvalue weighted by Crippen LogP contribution is -2.44. The lowest BCUT2D eigenvalue weighted by Gasteiger charge is -2.37. The molecule has 1 saturated heterocycles. The van der Waals surface area contributed by atoms with Gasteiger partial charge in [0, 0.05) is 26.2 Å². The topological polar surface area (TPSA) is 51.6 Å². The summed E-state index contributed by atoms with van der Waals surface area (Å²) in [6.45, 7) is 6.05. The number of nitrogens with zero attached hydrogens (tertiary/aromatic N) is 1. The van der Waals surface area contributed by atoms with Crippen LogP contribution in [0.3, 0.4) is 0 Å². The summed E-state index contributed by atoms with van der Waals surface area (Å²) in [6, 6.07) is 4.30. The molecule has 0 saturated carbocycles. The molecule has 2 rings (SSSR count). The third-order valence-corrected chi connectivity index (χ3v) is 3.75. The van der Waals surface area contributed by atoms with Crippen LogP contribution in [0.4, 0.5) is 0 Å². The fraction of sp³-hybridized carbons (Fsp3) is 0.714. The van der Waals surface area contributed by atoms with Crippen molar-refractivity contribution in [2.75, 3.05) is 20.2 Å². The Labute approximate surface area is 109 Å². The van der Waals surface area contributed by atoms with Crippen molar-refractivity contribution in [3.05, 3.63) is 23.7 Å². The summed E-state index contributed by atoms with van der Waals surface area (Å²) in [6.07, 6.45) is 2.53. The maximum Gasteiger partial charge on any atom is 0.122 e. The number of rotatable bonds is 4. The summed E-state index contributed by atoms with van der Waals surface area (Å²) in [5.74, 6) is 1.93. The van der Waals surface area contributed by atoms with E-state index in [4.69, 9.17) is 14.9 Å². The third kappa shape index (κ3) is 2.94. The van der Waals surface area contributed by atoms with Crippen molar-refractivity contribution in [3.8, 4) is 0 Å². The number of hydrogen-bond acceptors (Lipinski definition) is 4. The molecule has 0 radical (unpaired) electrons. The summed E-state index contributed by atoms with van der Waals surface area (Å²) in [4.78, 5) is 2.42. The van der Waals surface area contributed by atoms with Crippen molar-refractivity contribution >= 4 is 0 Å². The van der Waals surface area contributed by atoms with Crippen molar-refractivity contribution in [1.29, 1.82) is 0 Å². The van der Waals surface area contributed by atoms with Gasteiger partial charge in [0.05, 0.1) is 12.1 Å². The Balaban J connectivity index is 2.07. The second-order valence-corrected chi connectivity index (χ2v) is 5.22. The monoisotopic (exact) mass is 252 g/mol. The minimum absolute atomic E-state index is 0.0645. The minimum atomic E-state index is 0.0645. The van der Waals surface area contributed by atoms with Gasteiger partial charge in [-0.25, -0.2) is 0 Å². The standard InChI is InChI=1S/C14H24N2O2/c1-10-4-5-13(18-10)14(11(2)15)16-8-6-12(17-3)7-9-16/h4-5,11-12,14H,6-9,15H2,1-3H3. The molecule has 1 fully saturated rings. The van der Waals surface area contributed by atoms with Crippen molar-refractivity contribution in [2.45, 2.75) is 44.9 Å². The van der Waals surface area contributed by atoms with Crippen LogP contribution in [0.25, 0.3) is 0 Å². The van der Waals surface area contributed by atoms with Crippen molar-refractivity contribution in [1.82, 2.24) is 4.90 Å². The van der Waals surface area contributed by atoms with E-state index in [0.29, 0.717) is 6.10 Å². The number of furan rings is 1. The number of aryl methyl sites for hydroxylation is 1. The molecular weight excluding hydrogens is 228 g/mol. The highest BCUT2D eigenvalue weighted by Gasteiger charge is 2.30. The van der Waals surface area contributed by atoms with Gasteiger partial charge in [-0.15, -0.1) is 0 Å². The van der Waals surface area contributed by atoms with Crippen LogP contribution in [0.2, 0.25) is 0 Å². The van der Waals surface area contributed by atoms with Crippen molar-refractivity contribution < 1.29 is 9.15 Å². The van der Waals surface area contributed by atoms with E-state index in [2.05, 4.69) is 4.90 Å². The molecule has 1 aliphatic heterocycles. The Hall–Kier alpha value is -0.840. The van der Waals surface area contributed by atoms with Crippen molar-refractivity contribution in [2.24, 2.45) is 5.73 Å². The smallest absolute Gasteiger partial charge is 0.122 e. The highest BCUT2D eigenvalue weighted by molar-refractivity contribution is 5.12. The molecule has 4 nitrogen and oxygen atoms in total. The Morgan fingerprint density at radius 1 is 1.39 bits per heavy atom. The first-order chi connectivity index (χ1) is 8.61. The zero-order chi connectivity index (χ0) is 13.1. The van der Waals surface area contributed by atoms with Crippen LogP contribution >= 0.6 is 0 Å². The van der Waals surface area contributed by atoms with Gasteiger partial charge in [0.25, 0.3) is 0 Å². The highest BCUT2D eigenvalue weighted by Crippen LogP contribution is 2.28. The van der Waals surface area contributed by atoms with Gasteiger partial charge in [-0.1, -0.05) is 0 Å². The van der Waals surface area contributed by atoms with E-state index in [9.17, 15) is 0 Å². The first-order valence-electron chi connectivity index (χ1n) is 6.70. The van der Waals surface area contributed by atoms with Crippen LogP contribution in [0.1, 0.15) is 37.3 Å². The molecule has 0 amide bonds. The molecular formula is C14H24N2O2. The van der Waals surface area contributed by atoms with E-state index >= 15 is 0 Å². The minimum Gasteiger partial charge on any atom is -0.465 e. The normalized spacial score (nSPS) is 22.0. The van der Waals surface area contributed by atoms with Crippen molar-refractivity contribution in [3.63, 3.8) is 0 Å². The van der Waals surface area contributed by atoms with Crippen LogP contribution in [0.5, 0.6) is 0 Å². The van der Waals surface area contributed by atoms with Gasteiger partial charge in [0.2, 0.25) is 0 Å².